The fourth-order valence-corrected chi connectivity index (χ4v) is 5.31. The van der Waals surface area contributed by atoms with Crippen molar-refractivity contribution in [2.45, 2.75) is 78.9 Å². The van der Waals surface area contributed by atoms with Gasteiger partial charge in [-0.1, -0.05) is 31.5 Å². The van der Waals surface area contributed by atoms with Gasteiger partial charge in [-0.2, -0.15) is 0 Å². The van der Waals surface area contributed by atoms with Gasteiger partial charge in [0.2, 0.25) is 0 Å². The number of hydrogen-bond donors (Lipinski definition) is 1. The minimum atomic E-state index is -0.239. The van der Waals surface area contributed by atoms with Crippen LogP contribution in [0, 0.1) is 13.8 Å². The Kier molecular flexibility index (Phi) is 8.93. The molecule has 0 saturated heterocycles. The first kappa shape index (κ1) is 29.3. The number of aromatic nitrogens is 5. The Balaban J connectivity index is 1.74. The predicted molar refractivity (Wildman–Crippen MR) is 158 cm³/mol. The molecule has 4 rings (SSSR count). The van der Waals surface area contributed by atoms with Gasteiger partial charge in [0.15, 0.2) is 17.3 Å². The second-order valence-corrected chi connectivity index (χ2v) is 11.1. The number of aromatic amines is 1. The Bertz CT molecular complexity index is 1520. The van der Waals surface area contributed by atoms with Crippen LogP contribution < -0.4 is 15.0 Å². The van der Waals surface area contributed by atoms with E-state index in [0.29, 0.717) is 24.6 Å². The number of rotatable bonds is 12. The third-order valence-electron chi connectivity index (χ3n) is 7.94. The average Bonchev–Trinajstić information content (AvgIpc) is 3.43. The molecule has 0 aliphatic rings. The Hall–Kier alpha value is -3.72. The average molecular weight is 547 g/mol. The zero-order valence-corrected chi connectivity index (χ0v) is 25.0. The summed E-state index contributed by atoms with van der Waals surface area (Å²) in [6.45, 7) is 13.8. The van der Waals surface area contributed by atoms with Gasteiger partial charge in [0.05, 0.1) is 31.3 Å². The van der Waals surface area contributed by atoms with E-state index in [1.54, 1.807) is 14.2 Å². The summed E-state index contributed by atoms with van der Waals surface area (Å²) in [7, 11) is 3.28. The minimum Gasteiger partial charge on any atom is -0.493 e. The summed E-state index contributed by atoms with van der Waals surface area (Å²) in [5.74, 6) is 2.21. The molecule has 9 heteroatoms. The summed E-state index contributed by atoms with van der Waals surface area (Å²) >= 11 is 0. The number of fused-ring (bicyclic) bond motifs is 1. The molecule has 0 aliphatic carbocycles. The molecule has 0 bridgehead atoms. The number of methoxy groups -OCH3 is 2. The lowest BCUT2D eigenvalue weighted by Gasteiger charge is -2.33. The first-order valence-corrected chi connectivity index (χ1v) is 14.0. The van der Waals surface area contributed by atoms with Gasteiger partial charge in [-0.05, 0) is 98.2 Å². The first-order chi connectivity index (χ1) is 19.1. The number of nitrogens with zero attached hydrogens (tertiary/aromatic N) is 5. The van der Waals surface area contributed by atoms with Crippen molar-refractivity contribution in [1.29, 1.82) is 0 Å². The predicted octanol–water partition coefficient (Wildman–Crippen LogP) is 5.49. The number of hydrogen-bond acceptors (Lipinski definition) is 7. The monoisotopic (exact) mass is 546 g/mol. The van der Waals surface area contributed by atoms with Crippen LogP contribution in [0.2, 0.25) is 0 Å². The number of aryl methyl sites for hydroxylation is 2. The van der Waals surface area contributed by atoms with Gasteiger partial charge in [-0.25, -0.2) is 4.68 Å². The highest BCUT2D eigenvalue weighted by Crippen LogP contribution is 2.31. The molecule has 2 aromatic heterocycles. The van der Waals surface area contributed by atoms with E-state index in [1.807, 2.05) is 29.8 Å². The maximum absolute atomic E-state index is 13.3. The summed E-state index contributed by atoms with van der Waals surface area (Å²) in [6, 6.07) is 12.2. The summed E-state index contributed by atoms with van der Waals surface area (Å²) in [6.07, 6.45) is 2.42. The van der Waals surface area contributed by atoms with E-state index >= 15 is 0 Å². The van der Waals surface area contributed by atoms with Gasteiger partial charge in [0.25, 0.3) is 5.56 Å². The van der Waals surface area contributed by atoms with Crippen LogP contribution in [0.3, 0.4) is 0 Å². The number of ether oxygens (including phenoxy) is 2. The third-order valence-corrected chi connectivity index (χ3v) is 7.94. The van der Waals surface area contributed by atoms with Crippen LogP contribution in [0.5, 0.6) is 11.5 Å². The van der Waals surface area contributed by atoms with Crippen molar-refractivity contribution in [3.8, 4) is 11.5 Å². The van der Waals surface area contributed by atoms with Crippen molar-refractivity contribution in [3.05, 3.63) is 74.8 Å². The molecule has 4 aromatic rings. The molecule has 0 amide bonds. The lowest BCUT2D eigenvalue weighted by molar-refractivity contribution is 0.160. The molecule has 0 fully saturated rings. The highest BCUT2D eigenvalue weighted by molar-refractivity contribution is 5.82. The fourth-order valence-electron chi connectivity index (χ4n) is 5.31. The molecule has 0 saturated carbocycles. The standard InChI is InChI=1S/C31H42N6O3/c1-9-25(29-33-34-35-37(29)31(5,6)10-2)36(14-13-22-11-12-26(39-7)27(17-22)40-8)19-24-18-23-16-20(3)15-21(4)28(23)32-30(24)38/h11-12,15-18,25H,9-10,13-14,19H2,1-8H3,(H,32,38). The molecule has 9 nitrogen and oxygen atoms in total. The van der Waals surface area contributed by atoms with Crippen LogP contribution in [0.25, 0.3) is 10.9 Å². The van der Waals surface area contributed by atoms with Crippen molar-refractivity contribution in [3.63, 3.8) is 0 Å². The van der Waals surface area contributed by atoms with Crippen LogP contribution in [0.15, 0.2) is 41.2 Å². The number of tetrazole rings is 1. The molecular weight excluding hydrogens is 504 g/mol. The lowest BCUT2D eigenvalue weighted by atomic mass is 10.0. The zero-order chi connectivity index (χ0) is 29.0. The summed E-state index contributed by atoms with van der Waals surface area (Å²) < 4.78 is 12.9. The smallest absolute Gasteiger partial charge is 0.252 e. The molecule has 40 heavy (non-hydrogen) atoms. The van der Waals surface area contributed by atoms with Crippen molar-refractivity contribution >= 4 is 10.9 Å². The van der Waals surface area contributed by atoms with E-state index < -0.39 is 0 Å². The second kappa shape index (κ2) is 12.2. The van der Waals surface area contributed by atoms with Gasteiger partial charge in [-0.15, -0.1) is 5.10 Å². The SMILES string of the molecule is CCC(c1nnnn1C(C)(C)CC)N(CCc1ccc(OC)c(OC)c1)Cc1cc2cc(C)cc(C)c2[nH]c1=O. The van der Waals surface area contributed by atoms with Crippen molar-refractivity contribution < 1.29 is 9.47 Å². The maximum Gasteiger partial charge on any atom is 0.252 e. The van der Waals surface area contributed by atoms with Crippen LogP contribution in [0.4, 0.5) is 0 Å². The van der Waals surface area contributed by atoms with Crippen molar-refractivity contribution in [2.75, 3.05) is 20.8 Å². The van der Waals surface area contributed by atoms with Crippen LogP contribution in [0.1, 0.15) is 74.7 Å². The Labute approximate surface area is 236 Å². The van der Waals surface area contributed by atoms with Crippen molar-refractivity contribution in [2.24, 2.45) is 0 Å². The molecular formula is C31H42N6O3. The first-order valence-electron chi connectivity index (χ1n) is 14.0. The van der Waals surface area contributed by atoms with Crippen LogP contribution in [-0.2, 0) is 18.5 Å². The van der Waals surface area contributed by atoms with E-state index in [4.69, 9.17) is 9.47 Å². The molecule has 2 aromatic carbocycles. The molecule has 1 atom stereocenters. The van der Waals surface area contributed by atoms with Gasteiger partial charge >= 0.3 is 0 Å². The summed E-state index contributed by atoms with van der Waals surface area (Å²) in [5, 5.41) is 14.0. The largest absolute Gasteiger partial charge is 0.493 e. The number of nitrogens with one attached hydrogen (secondary N) is 1. The molecule has 1 unspecified atom stereocenters. The minimum absolute atomic E-state index is 0.0705. The van der Waals surface area contributed by atoms with Crippen LogP contribution in [-0.4, -0.2) is 50.9 Å². The van der Waals surface area contributed by atoms with E-state index in [9.17, 15) is 4.79 Å². The van der Waals surface area contributed by atoms with Gasteiger partial charge in [-0.3, -0.25) is 9.69 Å². The van der Waals surface area contributed by atoms with Gasteiger partial charge in [0.1, 0.15) is 0 Å². The number of benzene rings is 2. The van der Waals surface area contributed by atoms with E-state index in [-0.39, 0.29) is 17.1 Å². The molecule has 0 aliphatic heterocycles. The van der Waals surface area contributed by atoms with Crippen LogP contribution >= 0.6 is 0 Å². The normalized spacial score (nSPS) is 12.7. The Morgan fingerprint density at radius 2 is 1.80 bits per heavy atom. The summed E-state index contributed by atoms with van der Waals surface area (Å²) in [5.41, 5.74) is 4.64. The highest BCUT2D eigenvalue weighted by atomic mass is 16.5. The Morgan fingerprint density at radius 3 is 2.48 bits per heavy atom. The fraction of sp³-hybridized carbons (Fsp3) is 0.484. The third kappa shape index (κ3) is 6.04. The summed E-state index contributed by atoms with van der Waals surface area (Å²) in [4.78, 5) is 18.8. The van der Waals surface area contributed by atoms with E-state index in [1.165, 1.54) is 5.56 Å². The molecule has 214 valence electrons. The number of pyridine rings is 1. The lowest BCUT2D eigenvalue weighted by Crippen LogP contribution is -2.37. The second-order valence-electron chi connectivity index (χ2n) is 11.1. The maximum atomic E-state index is 13.3. The Morgan fingerprint density at radius 1 is 1.05 bits per heavy atom. The van der Waals surface area contributed by atoms with E-state index in [0.717, 1.165) is 52.7 Å². The molecule has 0 radical (unpaired) electrons. The van der Waals surface area contributed by atoms with Crippen molar-refractivity contribution in [1.82, 2.24) is 30.1 Å². The molecule has 2 heterocycles. The highest BCUT2D eigenvalue weighted by Gasteiger charge is 2.31. The zero-order valence-electron chi connectivity index (χ0n) is 25.0. The number of H-pyrrole nitrogens is 1. The molecule has 1 N–H and O–H groups in total. The van der Waals surface area contributed by atoms with Gasteiger partial charge in [0, 0.05) is 18.7 Å². The topological polar surface area (TPSA) is 98.2 Å². The quantitative estimate of drug-likeness (QED) is 0.251. The van der Waals surface area contributed by atoms with E-state index in [2.05, 4.69) is 78.2 Å². The van der Waals surface area contributed by atoms with Gasteiger partial charge < -0.3 is 14.5 Å². The molecule has 0 spiro atoms.